The number of nitrogens with one attached hydrogen (secondary N) is 1. The van der Waals surface area contributed by atoms with Crippen LogP contribution in [0.5, 0.6) is 0 Å². The number of carbonyl (C=O) groups excluding carboxylic acids is 1. The highest BCUT2D eigenvalue weighted by Gasteiger charge is 2.48. The van der Waals surface area contributed by atoms with E-state index in [1.807, 2.05) is 0 Å². The summed E-state index contributed by atoms with van der Waals surface area (Å²) in [5.74, 6) is -4.07. The Balaban J connectivity index is 1.59. The minimum absolute atomic E-state index is 0.151. The molecule has 164 valence electrons. The molecule has 2 aliphatic heterocycles. The molecule has 7 nitrogen and oxygen atoms in total. The van der Waals surface area contributed by atoms with Crippen LogP contribution in [0.25, 0.3) is 4.85 Å². The van der Waals surface area contributed by atoms with Crippen LogP contribution in [0.15, 0.2) is 18.2 Å². The van der Waals surface area contributed by atoms with Gasteiger partial charge in [0.15, 0.2) is 5.67 Å². The van der Waals surface area contributed by atoms with Crippen molar-refractivity contribution in [1.82, 2.24) is 14.7 Å². The minimum atomic E-state index is -3.36. The van der Waals surface area contributed by atoms with Crippen LogP contribution in [-0.2, 0) is 25.4 Å². The number of fused-ring (bicyclic) bond motifs is 3. The highest BCUT2D eigenvalue weighted by molar-refractivity contribution is 5.90. The van der Waals surface area contributed by atoms with Crippen molar-refractivity contribution in [3.05, 3.63) is 52.4 Å². The summed E-state index contributed by atoms with van der Waals surface area (Å²) in [6.07, 6.45) is -1.08. The summed E-state index contributed by atoms with van der Waals surface area (Å²) in [6, 6.07) is 2.94. The van der Waals surface area contributed by atoms with Crippen LogP contribution >= 0.6 is 0 Å². The van der Waals surface area contributed by atoms with Gasteiger partial charge in [-0.15, -0.1) is 0 Å². The van der Waals surface area contributed by atoms with Gasteiger partial charge in [-0.2, -0.15) is 13.9 Å². The fourth-order valence-electron chi connectivity index (χ4n) is 3.98. The third-order valence-corrected chi connectivity index (χ3v) is 5.66. The number of benzene rings is 1. The van der Waals surface area contributed by atoms with Gasteiger partial charge in [-0.25, -0.2) is 18.4 Å². The Labute approximate surface area is 175 Å². The summed E-state index contributed by atoms with van der Waals surface area (Å²) in [5.41, 5.74) is -2.12. The molecule has 0 radical (unpaired) electrons. The number of rotatable bonds is 2. The Kier molecular flexibility index (Phi) is 5.13. The van der Waals surface area contributed by atoms with Crippen molar-refractivity contribution in [3.63, 3.8) is 0 Å². The van der Waals surface area contributed by atoms with Crippen LogP contribution in [0.1, 0.15) is 29.8 Å². The molecule has 2 aromatic rings. The van der Waals surface area contributed by atoms with Gasteiger partial charge in [-0.3, -0.25) is 4.68 Å². The number of aliphatic hydroxyl groups excluding tert-OH is 1. The Morgan fingerprint density at radius 1 is 1.32 bits per heavy atom. The molecular weight excluding hydrogens is 418 g/mol. The monoisotopic (exact) mass is 437 g/mol. The third kappa shape index (κ3) is 3.83. The largest absolute Gasteiger partial charge is 0.393 e. The second-order valence-electron chi connectivity index (χ2n) is 7.82. The molecule has 2 N–H and O–H groups in total. The van der Waals surface area contributed by atoms with E-state index in [0.29, 0.717) is 5.69 Å². The highest BCUT2D eigenvalue weighted by Crippen LogP contribution is 2.43. The van der Waals surface area contributed by atoms with E-state index in [2.05, 4.69) is 15.3 Å². The summed E-state index contributed by atoms with van der Waals surface area (Å²) in [5, 5.41) is 16.0. The number of hydrogen-bond donors (Lipinski definition) is 2. The van der Waals surface area contributed by atoms with Gasteiger partial charge in [0.2, 0.25) is 5.69 Å². The van der Waals surface area contributed by atoms with Crippen LogP contribution in [0, 0.1) is 12.4 Å². The Bertz CT molecular complexity index is 1080. The molecule has 0 spiro atoms. The topological polar surface area (TPSA) is 74.8 Å². The van der Waals surface area contributed by atoms with Crippen LogP contribution in [0.3, 0.4) is 0 Å². The van der Waals surface area contributed by atoms with Crippen LogP contribution in [0.2, 0.25) is 0 Å². The van der Waals surface area contributed by atoms with E-state index < -0.39 is 55.1 Å². The highest BCUT2D eigenvalue weighted by atomic mass is 19.3. The van der Waals surface area contributed by atoms with Crippen molar-refractivity contribution >= 4 is 17.4 Å². The molecule has 3 heterocycles. The summed E-state index contributed by atoms with van der Waals surface area (Å²) >= 11 is 0. The predicted molar refractivity (Wildman–Crippen MR) is 102 cm³/mol. The average Bonchev–Trinajstić information content (AvgIpc) is 3.06. The van der Waals surface area contributed by atoms with Gasteiger partial charge < -0.3 is 15.3 Å². The maximum atomic E-state index is 14.9. The van der Waals surface area contributed by atoms with Crippen molar-refractivity contribution in [3.8, 4) is 0 Å². The number of alkyl halides is 3. The first-order valence-corrected chi connectivity index (χ1v) is 9.65. The molecule has 0 fully saturated rings. The second kappa shape index (κ2) is 7.53. The normalized spacial score (nSPS) is 22.1. The van der Waals surface area contributed by atoms with E-state index in [0.717, 1.165) is 10.7 Å². The maximum absolute atomic E-state index is 14.9. The molecule has 2 aliphatic rings. The lowest BCUT2D eigenvalue weighted by molar-refractivity contribution is -0.0323. The van der Waals surface area contributed by atoms with Crippen molar-refractivity contribution in [2.45, 2.75) is 43.9 Å². The van der Waals surface area contributed by atoms with Gasteiger partial charge in [-0.1, -0.05) is 0 Å². The fraction of sp³-hybridized carbons (Fsp3) is 0.450. The Morgan fingerprint density at radius 2 is 2.10 bits per heavy atom. The number of anilines is 1. The van der Waals surface area contributed by atoms with E-state index >= 15 is 0 Å². The van der Waals surface area contributed by atoms with Crippen LogP contribution < -0.4 is 5.32 Å². The SMILES string of the molecule is [C-]#[N+]c1cc(NC(=O)N2CCc3nn4c(c3C2)C(F)(F)CCC(F)(CO)C4)ccc1F. The molecular formula is C20H19F4N5O2. The van der Waals surface area contributed by atoms with Crippen LogP contribution in [-0.4, -0.2) is 44.6 Å². The number of halogens is 4. The first-order chi connectivity index (χ1) is 14.7. The zero-order valence-corrected chi connectivity index (χ0v) is 16.3. The summed E-state index contributed by atoms with van der Waals surface area (Å²) < 4.78 is 58.9. The van der Waals surface area contributed by atoms with Gasteiger partial charge in [-0.05, 0) is 24.6 Å². The standard InChI is InChI=1S/C20H19F4N5O2/c1-25-16-8-12(2-3-14(16)21)26-18(31)28-7-4-15-13(9-28)17-20(23,24)6-5-19(22,11-30)10-29(17)27-15/h2-3,8,30H,4-7,9-11H2,(H,26,31). The summed E-state index contributed by atoms with van der Waals surface area (Å²) in [7, 11) is 0. The summed E-state index contributed by atoms with van der Waals surface area (Å²) in [4.78, 5) is 17.0. The molecule has 4 rings (SSSR count). The van der Waals surface area contributed by atoms with Crippen molar-refractivity contribution < 1.29 is 27.5 Å². The number of amides is 2. The molecule has 1 atom stereocenters. The number of urea groups is 1. The van der Waals surface area contributed by atoms with Crippen molar-refractivity contribution in [2.75, 3.05) is 18.5 Å². The maximum Gasteiger partial charge on any atom is 0.322 e. The zero-order valence-electron chi connectivity index (χ0n) is 16.3. The van der Waals surface area contributed by atoms with Crippen molar-refractivity contribution in [1.29, 1.82) is 0 Å². The number of aromatic nitrogens is 2. The number of nitrogens with zero attached hydrogens (tertiary/aromatic N) is 4. The van der Waals surface area contributed by atoms with Gasteiger partial charge in [0.1, 0.15) is 11.5 Å². The first-order valence-electron chi connectivity index (χ1n) is 9.65. The first kappa shape index (κ1) is 21.1. The lowest BCUT2D eigenvalue weighted by Gasteiger charge is -2.28. The molecule has 0 aliphatic carbocycles. The second-order valence-corrected chi connectivity index (χ2v) is 7.82. The van der Waals surface area contributed by atoms with Gasteiger partial charge in [0.25, 0.3) is 5.92 Å². The van der Waals surface area contributed by atoms with E-state index in [9.17, 15) is 27.5 Å². The van der Waals surface area contributed by atoms with E-state index in [1.54, 1.807) is 0 Å². The van der Waals surface area contributed by atoms with E-state index in [4.69, 9.17) is 6.57 Å². The lowest BCUT2D eigenvalue weighted by Crippen LogP contribution is -2.39. The zero-order chi connectivity index (χ0) is 22.4. The number of aliphatic hydroxyl groups is 1. The molecule has 1 aromatic carbocycles. The molecule has 11 heteroatoms. The van der Waals surface area contributed by atoms with E-state index in [1.165, 1.54) is 17.0 Å². The molecule has 1 unspecified atom stereocenters. The van der Waals surface area contributed by atoms with E-state index in [-0.39, 0.29) is 36.4 Å². The molecule has 2 amide bonds. The smallest absolute Gasteiger partial charge is 0.322 e. The molecule has 0 bridgehead atoms. The Morgan fingerprint density at radius 3 is 2.81 bits per heavy atom. The molecule has 0 saturated heterocycles. The molecule has 31 heavy (non-hydrogen) atoms. The minimum Gasteiger partial charge on any atom is -0.393 e. The van der Waals surface area contributed by atoms with Crippen LogP contribution in [0.4, 0.5) is 33.7 Å². The third-order valence-electron chi connectivity index (χ3n) is 5.66. The summed E-state index contributed by atoms with van der Waals surface area (Å²) in [6.45, 7) is 5.62. The van der Waals surface area contributed by atoms with Gasteiger partial charge >= 0.3 is 6.03 Å². The number of carbonyl (C=O) groups is 1. The fourth-order valence-corrected chi connectivity index (χ4v) is 3.98. The van der Waals surface area contributed by atoms with Gasteiger partial charge in [0, 0.05) is 30.6 Å². The van der Waals surface area contributed by atoms with Gasteiger partial charge in [0.05, 0.1) is 32.0 Å². The predicted octanol–water partition coefficient (Wildman–Crippen LogP) is 3.75. The lowest BCUT2D eigenvalue weighted by atomic mass is 9.97. The molecule has 0 saturated carbocycles. The molecule has 1 aromatic heterocycles. The quantitative estimate of drug-likeness (QED) is 0.555. The average molecular weight is 437 g/mol. The van der Waals surface area contributed by atoms with Crippen molar-refractivity contribution in [2.24, 2.45) is 0 Å². The Hall–Kier alpha value is -3.13. The number of hydrogen-bond acceptors (Lipinski definition) is 3.